The highest BCUT2D eigenvalue weighted by atomic mass is 16.3. The van der Waals surface area contributed by atoms with E-state index < -0.39 is 0 Å². The van der Waals surface area contributed by atoms with Gasteiger partial charge in [0.25, 0.3) is 0 Å². The molecule has 0 fully saturated rings. The van der Waals surface area contributed by atoms with Gasteiger partial charge in [0.2, 0.25) is 0 Å². The van der Waals surface area contributed by atoms with Crippen LogP contribution in [0, 0.1) is 11.8 Å². The molecule has 0 bridgehead atoms. The van der Waals surface area contributed by atoms with Gasteiger partial charge in [0.05, 0.1) is 5.56 Å². The molecule has 0 saturated heterocycles. The van der Waals surface area contributed by atoms with Crippen LogP contribution < -0.4 is 0 Å². The molecule has 19 heavy (non-hydrogen) atoms. The predicted molar refractivity (Wildman–Crippen MR) is 75.6 cm³/mol. The van der Waals surface area contributed by atoms with Crippen LogP contribution in [0.25, 0.3) is 22.3 Å². The summed E-state index contributed by atoms with van der Waals surface area (Å²) >= 11 is 0. The first-order valence-corrected chi connectivity index (χ1v) is 6.07. The minimum absolute atomic E-state index is 0.159. The zero-order valence-corrected chi connectivity index (χ0v) is 10.3. The Kier molecular flexibility index (Phi) is 3.06. The molecule has 0 aliphatic carbocycles. The molecule has 0 saturated carbocycles. The number of hydrogen-bond donors (Lipinski definition) is 1. The summed E-state index contributed by atoms with van der Waals surface area (Å²) < 4.78 is 5.90. The van der Waals surface area contributed by atoms with E-state index in [1.54, 1.807) is 0 Å². The van der Waals surface area contributed by atoms with Crippen LogP contribution >= 0.6 is 0 Å². The monoisotopic (exact) mass is 248 g/mol. The highest BCUT2D eigenvalue weighted by Crippen LogP contribution is 2.32. The molecule has 0 aliphatic heterocycles. The third-order valence-corrected chi connectivity index (χ3v) is 2.92. The summed E-state index contributed by atoms with van der Waals surface area (Å²) in [6.45, 7) is -0.159. The van der Waals surface area contributed by atoms with Crippen LogP contribution in [0.1, 0.15) is 5.56 Å². The largest absolute Gasteiger partial charge is 0.455 e. The highest BCUT2D eigenvalue weighted by Gasteiger charge is 2.13. The third kappa shape index (κ3) is 2.12. The van der Waals surface area contributed by atoms with Crippen molar-refractivity contribution in [1.29, 1.82) is 0 Å². The average molecular weight is 248 g/mol. The van der Waals surface area contributed by atoms with Crippen molar-refractivity contribution in [3.05, 3.63) is 60.2 Å². The van der Waals surface area contributed by atoms with E-state index in [-0.39, 0.29) is 6.61 Å². The number of hydrogen-bond acceptors (Lipinski definition) is 2. The van der Waals surface area contributed by atoms with E-state index in [4.69, 9.17) is 9.52 Å². The lowest BCUT2D eigenvalue weighted by molar-refractivity contribution is 0.350. The van der Waals surface area contributed by atoms with Crippen molar-refractivity contribution in [2.75, 3.05) is 6.61 Å². The normalized spacial score (nSPS) is 10.2. The number of fused-ring (bicyclic) bond motifs is 1. The first kappa shape index (κ1) is 11.6. The molecule has 2 aromatic carbocycles. The summed E-state index contributed by atoms with van der Waals surface area (Å²) in [6.07, 6.45) is 0. The molecule has 0 amide bonds. The molecule has 1 heterocycles. The summed E-state index contributed by atoms with van der Waals surface area (Å²) in [7, 11) is 0. The van der Waals surface area contributed by atoms with Crippen molar-refractivity contribution in [2.24, 2.45) is 0 Å². The quantitative estimate of drug-likeness (QED) is 0.669. The summed E-state index contributed by atoms with van der Waals surface area (Å²) in [4.78, 5) is 0. The lowest BCUT2D eigenvalue weighted by atomic mass is 10.1. The van der Waals surface area contributed by atoms with Gasteiger partial charge in [0.15, 0.2) is 5.76 Å². The minimum Gasteiger partial charge on any atom is -0.455 e. The van der Waals surface area contributed by atoms with Gasteiger partial charge in [0, 0.05) is 10.9 Å². The molecule has 0 aliphatic rings. The van der Waals surface area contributed by atoms with E-state index in [1.807, 2.05) is 54.6 Å². The number of aliphatic hydroxyl groups excluding tert-OH is 1. The van der Waals surface area contributed by atoms with Crippen LogP contribution in [0.3, 0.4) is 0 Å². The van der Waals surface area contributed by atoms with Gasteiger partial charge in [-0.05, 0) is 12.1 Å². The van der Waals surface area contributed by atoms with Gasteiger partial charge in [-0.25, -0.2) is 0 Å². The molecule has 0 radical (unpaired) electrons. The zero-order valence-electron chi connectivity index (χ0n) is 10.3. The number of aliphatic hydroxyl groups is 1. The van der Waals surface area contributed by atoms with Crippen LogP contribution in [0.2, 0.25) is 0 Å². The third-order valence-electron chi connectivity index (χ3n) is 2.92. The molecule has 1 N–H and O–H groups in total. The Morgan fingerprint density at radius 1 is 0.947 bits per heavy atom. The molecule has 0 spiro atoms. The maximum atomic E-state index is 8.89. The van der Waals surface area contributed by atoms with E-state index in [2.05, 4.69) is 11.8 Å². The Labute approximate surface area is 111 Å². The fourth-order valence-electron chi connectivity index (χ4n) is 2.09. The number of para-hydroxylation sites is 1. The van der Waals surface area contributed by atoms with Crippen molar-refractivity contribution < 1.29 is 9.52 Å². The van der Waals surface area contributed by atoms with Crippen LogP contribution in [0.5, 0.6) is 0 Å². The summed E-state index contributed by atoms with van der Waals surface area (Å²) in [5.41, 5.74) is 2.63. The van der Waals surface area contributed by atoms with Crippen molar-refractivity contribution in [1.82, 2.24) is 0 Å². The molecule has 1 aromatic heterocycles. The predicted octanol–water partition coefficient (Wildman–Crippen LogP) is 3.44. The zero-order chi connectivity index (χ0) is 13.1. The van der Waals surface area contributed by atoms with Crippen molar-refractivity contribution >= 4 is 11.0 Å². The van der Waals surface area contributed by atoms with Gasteiger partial charge in [0.1, 0.15) is 12.2 Å². The van der Waals surface area contributed by atoms with Crippen LogP contribution in [-0.2, 0) is 0 Å². The van der Waals surface area contributed by atoms with Crippen molar-refractivity contribution in [3.8, 4) is 23.2 Å². The fourth-order valence-corrected chi connectivity index (χ4v) is 2.09. The molecule has 3 aromatic rings. The second-order valence-corrected chi connectivity index (χ2v) is 4.13. The maximum absolute atomic E-state index is 8.89. The molecule has 3 rings (SSSR count). The van der Waals surface area contributed by atoms with Crippen molar-refractivity contribution in [3.63, 3.8) is 0 Å². The van der Waals surface area contributed by atoms with E-state index >= 15 is 0 Å². The molecule has 0 unspecified atom stereocenters. The Morgan fingerprint density at radius 3 is 2.47 bits per heavy atom. The standard InChI is InChI=1S/C17H12O2/c18-12-6-10-15-14-9-4-5-11-16(14)19-17(15)13-7-2-1-3-8-13/h1-5,7-9,11,18H,12H2. The van der Waals surface area contributed by atoms with Crippen LogP contribution in [-0.4, -0.2) is 11.7 Å². The Balaban J connectivity index is 2.29. The molecule has 2 heteroatoms. The second-order valence-electron chi connectivity index (χ2n) is 4.13. The number of benzene rings is 2. The maximum Gasteiger partial charge on any atom is 0.151 e. The van der Waals surface area contributed by atoms with Crippen LogP contribution in [0.4, 0.5) is 0 Å². The SMILES string of the molecule is OCC#Cc1c(-c2ccccc2)oc2ccccc12. The van der Waals surface area contributed by atoms with Gasteiger partial charge < -0.3 is 9.52 Å². The van der Waals surface area contributed by atoms with Crippen molar-refractivity contribution in [2.45, 2.75) is 0 Å². The molecular weight excluding hydrogens is 236 g/mol. The van der Waals surface area contributed by atoms with Crippen LogP contribution in [0.15, 0.2) is 59.0 Å². The molecular formula is C17H12O2. The van der Waals surface area contributed by atoms with E-state index in [1.165, 1.54) is 0 Å². The first-order valence-electron chi connectivity index (χ1n) is 6.07. The topological polar surface area (TPSA) is 33.4 Å². The lowest BCUT2D eigenvalue weighted by Crippen LogP contribution is -1.80. The Morgan fingerprint density at radius 2 is 1.68 bits per heavy atom. The van der Waals surface area contributed by atoms with E-state index in [9.17, 15) is 0 Å². The fraction of sp³-hybridized carbons (Fsp3) is 0.0588. The van der Waals surface area contributed by atoms with E-state index in [0.717, 1.165) is 27.9 Å². The molecule has 92 valence electrons. The first-order chi connectivity index (χ1) is 9.40. The van der Waals surface area contributed by atoms with Gasteiger partial charge in [-0.3, -0.25) is 0 Å². The van der Waals surface area contributed by atoms with Gasteiger partial charge in [-0.2, -0.15) is 0 Å². The highest BCUT2D eigenvalue weighted by molar-refractivity contribution is 5.91. The number of furan rings is 1. The van der Waals surface area contributed by atoms with Gasteiger partial charge >= 0.3 is 0 Å². The second kappa shape index (κ2) is 5.01. The summed E-state index contributed by atoms with van der Waals surface area (Å²) in [6, 6.07) is 17.7. The van der Waals surface area contributed by atoms with E-state index in [0.29, 0.717) is 0 Å². The average Bonchev–Trinajstić information content (AvgIpc) is 2.85. The molecule has 2 nitrogen and oxygen atoms in total. The van der Waals surface area contributed by atoms with Gasteiger partial charge in [-0.1, -0.05) is 54.3 Å². The smallest absolute Gasteiger partial charge is 0.151 e. The summed E-state index contributed by atoms with van der Waals surface area (Å²) in [5.74, 6) is 6.44. The Hall–Kier alpha value is -2.50. The summed E-state index contributed by atoms with van der Waals surface area (Å²) in [5, 5.41) is 9.87. The lowest BCUT2D eigenvalue weighted by Gasteiger charge is -1.96. The molecule has 0 atom stereocenters. The van der Waals surface area contributed by atoms with Gasteiger partial charge in [-0.15, -0.1) is 0 Å². The number of rotatable bonds is 1. The Bertz CT molecular complexity index is 758. The minimum atomic E-state index is -0.159.